The van der Waals surface area contributed by atoms with E-state index in [9.17, 15) is 14.4 Å². The van der Waals surface area contributed by atoms with Crippen LogP contribution in [0.15, 0.2) is 0 Å². The second-order valence-corrected chi connectivity index (χ2v) is 6.98. The smallest absolute Gasteiger partial charge is 0.234 e. The number of hydrogen-bond acceptors (Lipinski definition) is 7. The molecule has 0 aliphatic carbocycles. The average Bonchev–Trinajstić information content (AvgIpc) is 2.68. The Kier molecular flexibility index (Phi) is 16.6. The van der Waals surface area contributed by atoms with E-state index in [0.29, 0.717) is 26.2 Å². The fourth-order valence-electron chi connectivity index (χ4n) is 2.87. The van der Waals surface area contributed by atoms with E-state index in [0.717, 1.165) is 45.1 Å². The van der Waals surface area contributed by atoms with Crippen molar-refractivity contribution in [2.75, 3.05) is 39.9 Å². The maximum atomic E-state index is 12.3. The Bertz CT molecular complexity index is 447. The highest BCUT2D eigenvalue weighted by molar-refractivity contribution is 5.82. The van der Waals surface area contributed by atoms with E-state index in [4.69, 9.17) is 11.5 Å². The molecule has 8 N–H and O–H groups in total. The molecule has 0 aliphatic rings. The molecule has 9 heteroatoms. The summed E-state index contributed by atoms with van der Waals surface area (Å²) in [6.07, 6.45) is 6.00. The van der Waals surface area contributed by atoms with Crippen molar-refractivity contribution in [3.63, 3.8) is 0 Å². The largest absolute Gasteiger partial charge is 0.368 e. The van der Waals surface area contributed by atoms with Crippen LogP contribution in [0.5, 0.6) is 0 Å². The van der Waals surface area contributed by atoms with Crippen LogP contribution in [0.25, 0.3) is 0 Å². The molecule has 0 aromatic rings. The van der Waals surface area contributed by atoms with Crippen molar-refractivity contribution in [2.45, 2.75) is 57.9 Å². The summed E-state index contributed by atoms with van der Waals surface area (Å²) < 4.78 is 0. The molecule has 9 nitrogen and oxygen atoms in total. The van der Waals surface area contributed by atoms with Gasteiger partial charge in [-0.3, -0.25) is 19.7 Å². The van der Waals surface area contributed by atoms with E-state index in [-0.39, 0.29) is 36.1 Å². The van der Waals surface area contributed by atoms with Crippen LogP contribution in [0.1, 0.15) is 51.9 Å². The fourth-order valence-corrected chi connectivity index (χ4v) is 2.87. The van der Waals surface area contributed by atoms with Crippen LogP contribution in [0.2, 0.25) is 0 Å². The van der Waals surface area contributed by atoms with Crippen LogP contribution in [0.3, 0.4) is 0 Å². The number of rotatable bonds is 19. The number of carbonyl (C=O) groups excluding carboxylic acids is 3. The molecule has 0 rings (SSSR count). The molecular formula is C19H40N6O3. The molecule has 0 unspecified atom stereocenters. The number of nitrogens with one attached hydrogen (secondary N) is 4. The molecule has 0 heterocycles. The van der Waals surface area contributed by atoms with E-state index in [1.165, 1.54) is 0 Å². The zero-order valence-electron chi connectivity index (χ0n) is 17.5. The average molecular weight is 401 g/mol. The maximum absolute atomic E-state index is 12.3. The van der Waals surface area contributed by atoms with E-state index in [1.54, 1.807) is 7.05 Å². The maximum Gasteiger partial charge on any atom is 0.234 e. The van der Waals surface area contributed by atoms with Crippen molar-refractivity contribution >= 4 is 17.6 Å². The first-order valence-electron chi connectivity index (χ1n) is 10.3. The van der Waals surface area contributed by atoms with Gasteiger partial charge in [0.1, 0.15) is 0 Å². The summed E-state index contributed by atoms with van der Waals surface area (Å²) in [6, 6.07) is -0.302. The summed E-state index contributed by atoms with van der Waals surface area (Å²) >= 11 is 0. The first-order chi connectivity index (χ1) is 13.5. The van der Waals surface area contributed by atoms with Gasteiger partial charge < -0.3 is 27.4 Å². The third-order valence-corrected chi connectivity index (χ3v) is 4.73. The van der Waals surface area contributed by atoms with Gasteiger partial charge in [-0.1, -0.05) is 13.3 Å². The molecule has 2 amide bonds. The molecule has 0 fully saturated rings. The number of likely N-dealkylation sites (N-methyl/N-ethyl adjacent to an activating group) is 1. The van der Waals surface area contributed by atoms with Gasteiger partial charge in [0, 0.05) is 19.1 Å². The van der Waals surface area contributed by atoms with Crippen LogP contribution in [0, 0.1) is 5.92 Å². The van der Waals surface area contributed by atoms with Crippen molar-refractivity contribution in [1.29, 1.82) is 0 Å². The molecular weight excluding hydrogens is 360 g/mol. The summed E-state index contributed by atoms with van der Waals surface area (Å²) in [4.78, 5) is 34.4. The van der Waals surface area contributed by atoms with Crippen LogP contribution in [-0.2, 0) is 14.4 Å². The molecule has 0 spiro atoms. The lowest BCUT2D eigenvalue weighted by Gasteiger charge is -2.16. The van der Waals surface area contributed by atoms with E-state index < -0.39 is 0 Å². The molecule has 0 radical (unpaired) electrons. The van der Waals surface area contributed by atoms with Gasteiger partial charge in [0.25, 0.3) is 0 Å². The Hall–Kier alpha value is -1.55. The molecule has 0 aromatic heterocycles. The molecule has 0 saturated carbocycles. The first kappa shape index (κ1) is 26.4. The van der Waals surface area contributed by atoms with Gasteiger partial charge in [0.15, 0.2) is 5.78 Å². The topological polar surface area (TPSA) is 151 Å². The number of hydrogen-bond donors (Lipinski definition) is 6. The van der Waals surface area contributed by atoms with E-state index in [1.807, 2.05) is 6.92 Å². The molecule has 2 atom stereocenters. The molecule has 28 heavy (non-hydrogen) atoms. The molecule has 164 valence electrons. The number of carbonyl (C=O) groups is 3. The fraction of sp³-hybridized carbons (Fsp3) is 0.842. The lowest BCUT2D eigenvalue weighted by Crippen LogP contribution is -2.39. The number of ketones is 1. The first-order valence-corrected chi connectivity index (χ1v) is 10.3. The van der Waals surface area contributed by atoms with Gasteiger partial charge >= 0.3 is 0 Å². The number of nitrogens with two attached hydrogens (primary N) is 2. The standard InChI is InChI=1S/C19H40N6O3/c1-3-15(8-4-6-10-23-14-24-13-16(26)12-20)19(28)25-11-7-5-9-17(22-2)18(21)27/h15,17,22-24H,3-14,20H2,1-2H3,(H2,21,27)(H,25,28)/t15-,17-/m0/s1. The van der Waals surface area contributed by atoms with E-state index >= 15 is 0 Å². The lowest BCUT2D eigenvalue weighted by molar-refractivity contribution is -0.125. The lowest BCUT2D eigenvalue weighted by atomic mass is 9.98. The highest BCUT2D eigenvalue weighted by Crippen LogP contribution is 2.12. The number of unbranched alkanes of at least 4 members (excludes halogenated alkanes) is 2. The van der Waals surface area contributed by atoms with Gasteiger partial charge in [-0.2, -0.15) is 0 Å². The van der Waals surface area contributed by atoms with Gasteiger partial charge in [-0.15, -0.1) is 0 Å². The quantitative estimate of drug-likeness (QED) is 0.123. The monoisotopic (exact) mass is 400 g/mol. The van der Waals surface area contributed by atoms with Crippen molar-refractivity contribution in [3.8, 4) is 0 Å². The second-order valence-electron chi connectivity index (χ2n) is 6.98. The molecule has 0 saturated heterocycles. The highest BCUT2D eigenvalue weighted by Gasteiger charge is 2.16. The highest BCUT2D eigenvalue weighted by atomic mass is 16.2. The molecule has 0 aliphatic heterocycles. The Morgan fingerprint density at radius 1 is 0.964 bits per heavy atom. The zero-order valence-corrected chi connectivity index (χ0v) is 17.5. The summed E-state index contributed by atoms with van der Waals surface area (Å²) in [5.74, 6) is -0.200. The predicted octanol–water partition coefficient (Wildman–Crippen LogP) is -0.793. The van der Waals surface area contributed by atoms with Crippen LogP contribution >= 0.6 is 0 Å². The minimum Gasteiger partial charge on any atom is -0.368 e. The van der Waals surface area contributed by atoms with Crippen molar-refractivity contribution in [1.82, 2.24) is 21.3 Å². The minimum absolute atomic E-state index is 0.00619. The summed E-state index contributed by atoms with van der Waals surface area (Å²) in [5, 5.41) is 12.1. The molecule has 0 aromatic carbocycles. The van der Waals surface area contributed by atoms with Gasteiger partial charge in [-0.25, -0.2) is 0 Å². The SMILES string of the molecule is CC[C@@H](CCCCNCNCC(=O)CN)C(=O)NCCCC[C@H](NC)C(N)=O. The molecule has 0 bridgehead atoms. The Balaban J connectivity index is 3.73. The summed E-state index contributed by atoms with van der Waals surface area (Å²) in [7, 11) is 1.72. The van der Waals surface area contributed by atoms with Crippen LogP contribution in [0.4, 0.5) is 0 Å². The van der Waals surface area contributed by atoms with Crippen LogP contribution in [-0.4, -0.2) is 63.5 Å². The number of primary amides is 1. The Labute approximate surface area is 169 Å². The Morgan fingerprint density at radius 3 is 2.25 bits per heavy atom. The van der Waals surface area contributed by atoms with Crippen LogP contribution < -0.4 is 32.7 Å². The van der Waals surface area contributed by atoms with Gasteiger partial charge in [-0.05, 0) is 52.1 Å². The number of Topliss-reactive ketones (excluding diaryl/α,β-unsaturated/α-hetero) is 1. The third-order valence-electron chi connectivity index (χ3n) is 4.73. The van der Waals surface area contributed by atoms with Crippen molar-refractivity contribution in [3.05, 3.63) is 0 Å². The van der Waals surface area contributed by atoms with Crippen molar-refractivity contribution in [2.24, 2.45) is 17.4 Å². The van der Waals surface area contributed by atoms with Gasteiger partial charge in [0.2, 0.25) is 11.8 Å². The third kappa shape index (κ3) is 13.6. The second kappa shape index (κ2) is 17.5. The predicted molar refractivity (Wildman–Crippen MR) is 111 cm³/mol. The summed E-state index contributed by atoms with van der Waals surface area (Å²) in [5.41, 5.74) is 10.5. The number of amides is 2. The van der Waals surface area contributed by atoms with Gasteiger partial charge in [0.05, 0.1) is 19.1 Å². The van der Waals surface area contributed by atoms with E-state index in [2.05, 4.69) is 21.3 Å². The van der Waals surface area contributed by atoms with Crippen molar-refractivity contribution < 1.29 is 14.4 Å². The normalized spacial score (nSPS) is 13.1. The Morgan fingerprint density at radius 2 is 1.64 bits per heavy atom. The summed E-state index contributed by atoms with van der Waals surface area (Å²) in [6.45, 7) is 4.43. The minimum atomic E-state index is -0.341. The zero-order chi connectivity index (χ0) is 21.2.